The number of fused-ring (bicyclic) bond motifs is 4. The number of rotatable bonds is 5. The maximum atomic E-state index is 13.5. The first-order valence-electron chi connectivity index (χ1n) is 15.4. The van der Waals surface area contributed by atoms with Gasteiger partial charge in [0.1, 0.15) is 35.7 Å². The number of alkyl halides is 3. The number of hydrogen-bond donors (Lipinski definition) is 0. The largest absolute Gasteiger partial charge is 0.455 e. The number of pyridine rings is 1. The van der Waals surface area contributed by atoms with Gasteiger partial charge in [-0.15, -0.1) is 0 Å². The Kier molecular flexibility index (Phi) is 8.75. The van der Waals surface area contributed by atoms with Gasteiger partial charge in [-0.3, -0.25) is 9.78 Å². The molecule has 0 amide bonds. The summed E-state index contributed by atoms with van der Waals surface area (Å²) in [5.41, 5.74) is 2.97. The van der Waals surface area contributed by atoms with Gasteiger partial charge in [0.15, 0.2) is 4.75 Å². The molecule has 1 spiro atoms. The molecular weight excluding hydrogens is 591 g/mol. The summed E-state index contributed by atoms with van der Waals surface area (Å²) >= 11 is -0.438. The molecule has 5 rings (SSSR count). The van der Waals surface area contributed by atoms with Gasteiger partial charge in [-0.25, -0.2) is 0 Å². The summed E-state index contributed by atoms with van der Waals surface area (Å²) in [7, 11) is 0. The van der Waals surface area contributed by atoms with Crippen molar-refractivity contribution in [2.45, 2.75) is 115 Å². The van der Waals surface area contributed by atoms with Crippen LogP contribution in [0, 0.1) is 5.41 Å². The number of nitrogens with zero attached hydrogens (tertiary/aromatic N) is 1. The van der Waals surface area contributed by atoms with Crippen LogP contribution in [0.3, 0.4) is 0 Å². The molecule has 1 aliphatic carbocycles. The molecule has 4 atom stereocenters. The summed E-state index contributed by atoms with van der Waals surface area (Å²) in [5, 5.41) is 0. The molecule has 0 N–H and O–H groups in total. The third-order valence-electron chi connectivity index (χ3n) is 9.18. The van der Waals surface area contributed by atoms with Gasteiger partial charge in [0.2, 0.25) is 0 Å². The van der Waals surface area contributed by atoms with Crippen LogP contribution < -0.4 is 0 Å². The second kappa shape index (κ2) is 11.6. The average Bonchev–Trinajstić information content (AvgIpc) is 3.23. The van der Waals surface area contributed by atoms with E-state index in [1.165, 1.54) is 19.1 Å². The summed E-state index contributed by atoms with van der Waals surface area (Å²) in [6.07, 6.45) is -2.15. The van der Waals surface area contributed by atoms with Crippen molar-refractivity contribution in [1.29, 1.82) is 0 Å². The minimum Gasteiger partial charge on any atom is -0.455 e. The van der Waals surface area contributed by atoms with Gasteiger partial charge in [-0.05, 0) is 56.4 Å². The number of carbonyl (C=O) groups excluding carboxylic acids is 1. The van der Waals surface area contributed by atoms with Gasteiger partial charge in [-0.1, -0.05) is 39.8 Å². The van der Waals surface area contributed by atoms with E-state index in [0.29, 0.717) is 43.7 Å². The summed E-state index contributed by atoms with van der Waals surface area (Å²) < 4.78 is 66.3. The third kappa shape index (κ3) is 6.04. The lowest BCUT2D eigenvalue weighted by atomic mass is 9.68. The zero-order valence-corrected chi connectivity index (χ0v) is 28.0. The van der Waals surface area contributed by atoms with Crippen molar-refractivity contribution in [2.75, 3.05) is 19.5 Å². The van der Waals surface area contributed by atoms with E-state index < -0.39 is 46.1 Å². The number of benzene rings is 1. The van der Waals surface area contributed by atoms with E-state index in [-0.39, 0.29) is 22.7 Å². The number of ether oxygens (including phenoxy) is 3. The molecule has 1 fully saturated rings. The van der Waals surface area contributed by atoms with E-state index in [2.05, 4.69) is 54.7 Å². The fourth-order valence-corrected chi connectivity index (χ4v) is 7.51. The Morgan fingerprint density at radius 3 is 2.20 bits per heavy atom. The lowest BCUT2D eigenvalue weighted by molar-refractivity contribution is -0.156. The highest BCUT2D eigenvalue weighted by Crippen LogP contribution is 2.61. The Hall–Kier alpha value is -2.14. The van der Waals surface area contributed by atoms with Crippen LogP contribution in [0.25, 0.3) is 0 Å². The Balaban J connectivity index is 1.81. The predicted octanol–water partition coefficient (Wildman–Crippen LogP) is 8.40. The zero-order valence-electron chi connectivity index (χ0n) is 27.2. The number of halogens is 3. The third-order valence-corrected chi connectivity index (χ3v) is 11.4. The first-order chi connectivity index (χ1) is 20.4. The SMILES string of the molecule is CC(=O)O[C@H]1c2nc(C(C)C)c3c(c2[C@@H](O[S+](C)C(C)(C)C)CC1(C)C)C1(CCOCC1)O[C@@H]3c1ccc(C(F)(F)F)cc1. The first-order valence-corrected chi connectivity index (χ1v) is 16.9. The second-order valence-corrected chi connectivity index (χ2v) is 16.6. The van der Waals surface area contributed by atoms with Crippen LogP contribution in [0.1, 0.15) is 138 Å². The number of carbonyl (C=O) groups is 1. The first kappa shape index (κ1) is 33.2. The molecule has 2 aromatic rings. The molecule has 0 bridgehead atoms. The summed E-state index contributed by atoms with van der Waals surface area (Å²) in [6, 6.07) is 5.26. The van der Waals surface area contributed by atoms with Gasteiger partial charge < -0.3 is 14.2 Å². The summed E-state index contributed by atoms with van der Waals surface area (Å²) in [5.74, 6) is -0.422. The van der Waals surface area contributed by atoms with Gasteiger partial charge in [0, 0.05) is 55.2 Å². The Morgan fingerprint density at radius 2 is 1.68 bits per heavy atom. The van der Waals surface area contributed by atoms with Gasteiger partial charge >= 0.3 is 12.1 Å². The second-order valence-electron chi connectivity index (χ2n) is 14.3. The molecule has 242 valence electrons. The lowest BCUT2D eigenvalue weighted by Crippen LogP contribution is -2.41. The number of hydrogen-bond acceptors (Lipinski definition) is 6. The smallest absolute Gasteiger partial charge is 0.416 e. The van der Waals surface area contributed by atoms with Crippen LogP contribution in [0.4, 0.5) is 13.2 Å². The number of esters is 1. The standard InChI is InChI=1S/C34H45F3NO5S/c1-19(2)27-25-26(33(14-16-40-17-15-33)42-29(25)21-10-12-22(13-11-21)34(35,36)37)24-23(43-44(9)31(4,5)6)18-32(7,8)30(28(24)38-27)41-20(3)39/h10-13,19,23,29-30H,14-18H2,1-9H3/q+1/t23-,29+,30-,44?/m0/s1. The monoisotopic (exact) mass is 636 g/mol. The topological polar surface area (TPSA) is 66.9 Å². The fraction of sp³-hybridized carbons (Fsp3) is 0.647. The van der Waals surface area contributed by atoms with E-state index in [9.17, 15) is 18.0 Å². The maximum absolute atomic E-state index is 13.5. The Labute approximate surface area is 261 Å². The highest BCUT2D eigenvalue weighted by molar-refractivity contribution is 7.93. The fourth-order valence-electron chi connectivity index (χ4n) is 6.71. The van der Waals surface area contributed by atoms with E-state index in [0.717, 1.165) is 34.5 Å². The molecule has 10 heteroatoms. The van der Waals surface area contributed by atoms with Gasteiger partial charge in [0.05, 0.1) is 16.9 Å². The predicted molar refractivity (Wildman–Crippen MR) is 164 cm³/mol. The molecule has 3 heterocycles. The van der Waals surface area contributed by atoms with Crippen LogP contribution in [0.5, 0.6) is 0 Å². The van der Waals surface area contributed by atoms with E-state index in [1.54, 1.807) is 0 Å². The Morgan fingerprint density at radius 1 is 1.07 bits per heavy atom. The van der Waals surface area contributed by atoms with Crippen LogP contribution in [-0.2, 0) is 46.1 Å². The summed E-state index contributed by atoms with van der Waals surface area (Å²) in [4.78, 5) is 17.8. The van der Waals surface area contributed by atoms with Crippen molar-refractivity contribution in [2.24, 2.45) is 5.41 Å². The molecular formula is C34H45F3NO5S+. The van der Waals surface area contributed by atoms with Crippen molar-refractivity contribution < 1.29 is 36.4 Å². The Bertz CT molecular complexity index is 1390. The maximum Gasteiger partial charge on any atom is 0.416 e. The van der Waals surface area contributed by atoms with Crippen molar-refractivity contribution in [3.8, 4) is 0 Å². The van der Waals surface area contributed by atoms with E-state index >= 15 is 0 Å². The molecule has 6 nitrogen and oxygen atoms in total. The number of aromatic nitrogens is 1. The van der Waals surface area contributed by atoms with Crippen molar-refractivity contribution >= 4 is 17.1 Å². The molecule has 1 unspecified atom stereocenters. The van der Waals surface area contributed by atoms with Crippen LogP contribution in [-0.4, -0.2) is 35.2 Å². The van der Waals surface area contributed by atoms with Crippen LogP contribution >= 0.6 is 0 Å². The lowest BCUT2D eigenvalue weighted by Gasteiger charge is -2.44. The van der Waals surface area contributed by atoms with Crippen LogP contribution in [0.15, 0.2) is 24.3 Å². The highest BCUT2D eigenvalue weighted by Gasteiger charge is 2.56. The quantitative estimate of drug-likeness (QED) is 0.243. The normalized spacial score (nSPS) is 25.1. The van der Waals surface area contributed by atoms with Gasteiger partial charge in [0.25, 0.3) is 0 Å². The molecule has 44 heavy (non-hydrogen) atoms. The van der Waals surface area contributed by atoms with Crippen molar-refractivity contribution in [1.82, 2.24) is 4.98 Å². The van der Waals surface area contributed by atoms with Crippen LogP contribution in [0.2, 0.25) is 0 Å². The molecule has 0 saturated carbocycles. The molecule has 1 aromatic carbocycles. The summed E-state index contributed by atoms with van der Waals surface area (Å²) in [6.45, 7) is 17.1. The highest BCUT2D eigenvalue weighted by atomic mass is 32.2. The molecule has 2 aliphatic heterocycles. The minimum atomic E-state index is -4.44. The molecule has 1 aromatic heterocycles. The molecule has 0 radical (unpaired) electrons. The van der Waals surface area contributed by atoms with Crippen molar-refractivity contribution in [3.05, 3.63) is 63.5 Å². The zero-order chi connectivity index (χ0) is 32.4. The minimum absolute atomic E-state index is 0.0395. The molecule has 1 saturated heterocycles. The van der Waals surface area contributed by atoms with E-state index in [1.807, 2.05) is 0 Å². The molecule has 3 aliphatic rings. The van der Waals surface area contributed by atoms with E-state index in [4.69, 9.17) is 23.4 Å². The average molecular weight is 637 g/mol. The van der Waals surface area contributed by atoms with Gasteiger partial charge in [-0.2, -0.15) is 17.4 Å². The van der Waals surface area contributed by atoms with Crippen molar-refractivity contribution in [3.63, 3.8) is 0 Å².